The summed E-state index contributed by atoms with van der Waals surface area (Å²) in [6.07, 6.45) is 1.04. The molecule has 1 aromatic carbocycles. The van der Waals surface area contributed by atoms with Gasteiger partial charge in [0.2, 0.25) is 0 Å². The fourth-order valence-electron chi connectivity index (χ4n) is 1.76. The van der Waals surface area contributed by atoms with E-state index in [-0.39, 0.29) is 0 Å². The van der Waals surface area contributed by atoms with Crippen molar-refractivity contribution >= 4 is 17.3 Å². The van der Waals surface area contributed by atoms with Gasteiger partial charge in [0.05, 0.1) is 0 Å². The van der Waals surface area contributed by atoms with Crippen molar-refractivity contribution in [2.75, 3.05) is 6.54 Å². The molecule has 14 heavy (non-hydrogen) atoms. The third-order valence-corrected chi connectivity index (χ3v) is 2.92. The van der Waals surface area contributed by atoms with E-state index >= 15 is 0 Å². The number of nitrogens with two attached hydrogens (primary N) is 1. The van der Waals surface area contributed by atoms with Gasteiger partial charge in [-0.15, -0.1) is 0 Å². The zero-order valence-electron chi connectivity index (χ0n) is 7.86. The van der Waals surface area contributed by atoms with Crippen molar-refractivity contribution in [1.29, 1.82) is 0 Å². The first-order chi connectivity index (χ1) is 6.81. The van der Waals surface area contributed by atoms with Crippen LogP contribution in [0.15, 0.2) is 24.3 Å². The second-order valence-corrected chi connectivity index (χ2v) is 3.78. The Morgan fingerprint density at radius 1 is 1.36 bits per heavy atom. The summed E-state index contributed by atoms with van der Waals surface area (Å²) in [5, 5.41) is 0.625. The van der Waals surface area contributed by atoms with E-state index in [0.717, 1.165) is 19.5 Å². The average molecular weight is 207 g/mol. The Hall–Kier alpha value is -1.13. The molecule has 74 valence electrons. The van der Waals surface area contributed by atoms with Crippen molar-refractivity contribution in [3.8, 4) is 0 Å². The van der Waals surface area contributed by atoms with Crippen LogP contribution < -0.4 is 11.3 Å². The fraction of sp³-hybridized carbons (Fsp3) is 0.300. The number of nitrogens with zero attached hydrogens (tertiary/aromatic N) is 1. The minimum Gasteiger partial charge on any atom is -0.344 e. The summed E-state index contributed by atoms with van der Waals surface area (Å²) in [5.74, 6) is 5.29. The predicted octanol–water partition coefficient (Wildman–Crippen LogP) is 0.793. The Balaban J connectivity index is 2.17. The second kappa shape index (κ2) is 3.94. The molecule has 0 atom stereocenters. The first-order valence-electron chi connectivity index (χ1n) is 4.63. The molecular formula is C10H13N3S. The quantitative estimate of drug-likeness (QED) is 0.375. The van der Waals surface area contributed by atoms with Gasteiger partial charge in [-0.3, -0.25) is 0 Å². The molecule has 2 rings (SSSR count). The molecule has 0 aliphatic carbocycles. The first kappa shape index (κ1) is 9.43. The molecule has 0 spiro atoms. The Morgan fingerprint density at radius 3 is 2.79 bits per heavy atom. The van der Waals surface area contributed by atoms with Crippen LogP contribution >= 0.6 is 12.2 Å². The first-order valence-corrected chi connectivity index (χ1v) is 5.04. The molecule has 0 saturated carbocycles. The number of hydrazine groups is 1. The fourth-order valence-corrected chi connectivity index (χ4v) is 1.92. The topological polar surface area (TPSA) is 41.3 Å². The highest BCUT2D eigenvalue weighted by atomic mass is 32.1. The van der Waals surface area contributed by atoms with Crippen molar-refractivity contribution in [2.24, 2.45) is 5.84 Å². The Kier molecular flexibility index (Phi) is 2.65. The maximum atomic E-state index is 5.29. The zero-order chi connectivity index (χ0) is 9.97. The molecule has 3 nitrogen and oxygen atoms in total. The van der Waals surface area contributed by atoms with E-state index in [1.165, 1.54) is 11.1 Å². The number of rotatable bonds is 0. The van der Waals surface area contributed by atoms with Gasteiger partial charge in [-0.1, -0.05) is 24.3 Å². The maximum Gasteiger partial charge on any atom is 0.183 e. The lowest BCUT2D eigenvalue weighted by atomic mass is 10.0. The molecular weight excluding hydrogens is 194 g/mol. The summed E-state index contributed by atoms with van der Waals surface area (Å²) in [4.78, 5) is 2.08. The van der Waals surface area contributed by atoms with E-state index in [4.69, 9.17) is 18.1 Å². The predicted molar refractivity (Wildman–Crippen MR) is 60.5 cm³/mol. The molecule has 0 radical (unpaired) electrons. The minimum absolute atomic E-state index is 0.625. The van der Waals surface area contributed by atoms with Crippen LogP contribution in [0.4, 0.5) is 0 Å². The van der Waals surface area contributed by atoms with Crippen molar-refractivity contribution < 1.29 is 0 Å². The molecule has 1 aliphatic heterocycles. The van der Waals surface area contributed by atoms with Gasteiger partial charge in [-0.25, -0.2) is 5.84 Å². The van der Waals surface area contributed by atoms with Gasteiger partial charge < -0.3 is 10.3 Å². The molecule has 3 N–H and O–H groups in total. The molecule has 1 aromatic rings. The number of fused-ring (bicyclic) bond motifs is 1. The van der Waals surface area contributed by atoms with Crippen LogP contribution in [0.2, 0.25) is 0 Å². The number of thiocarbonyl (C=S) groups is 1. The molecule has 0 bridgehead atoms. The van der Waals surface area contributed by atoms with E-state index in [0.29, 0.717) is 5.11 Å². The van der Waals surface area contributed by atoms with Gasteiger partial charge in [-0.2, -0.15) is 0 Å². The van der Waals surface area contributed by atoms with Crippen LogP contribution in [0, 0.1) is 0 Å². The molecule has 0 fully saturated rings. The van der Waals surface area contributed by atoms with Crippen LogP contribution in [0.3, 0.4) is 0 Å². The van der Waals surface area contributed by atoms with Gasteiger partial charge >= 0.3 is 0 Å². The SMILES string of the molecule is NNC(=S)N1CCc2ccccc2C1. The van der Waals surface area contributed by atoms with Gasteiger partial charge in [0, 0.05) is 13.1 Å². The lowest BCUT2D eigenvalue weighted by Crippen LogP contribution is -2.45. The molecule has 4 heteroatoms. The third kappa shape index (κ3) is 1.71. The summed E-state index contributed by atoms with van der Waals surface area (Å²) in [5.41, 5.74) is 5.29. The lowest BCUT2D eigenvalue weighted by Gasteiger charge is -2.30. The Bertz CT molecular complexity index is 351. The van der Waals surface area contributed by atoms with E-state index in [1.54, 1.807) is 0 Å². The molecule has 0 aromatic heterocycles. The zero-order valence-corrected chi connectivity index (χ0v) is 8.68. The number of nitrogens with one attached hydrogen (secondary N) is 1. The summed E-state index contributed by atoms with van der Waals surface area (Å²) >= 11 is 5.09. The normalized spacial score (nSPS) is 14.8. The highest BCUT2D eigenvalue weighted by Crippen LogP contribution is 2.17. The van der Waals surface area contributed by atoms with Crippen LogP contribution in [-0.4, -0.2) is 16.6 Å². The summed E-state index contributed by atoms with van der Waals surface area (Å²) < 4.78 is 0. The van der Waals surface area contributed by atoms with Gasteiger partial charge in [0.25, 0.3) is 0 Å². The summed E-state index contributed by atoms with van der Waals surface area (Å²) in [6.45, 7) is 1.80. The highest BCUT2D eigenvalue weighted by molar-refractivity contribution is 7.80. The Morgan fingerprint density at radius 2 is 2.07 bits per heavy atom. The van der Waals surface area contributed by atoms with Gasteiger partial charge in [0.15, 0.2) is 5.11 Å². The smallest absolute Gasteiger partial charge is 0.183 e. The third-order valence-electron chi connectivity index (χ3n) is 2.54. The molecule has 1 heterocycles. The molecule has 1 aliphatic rings. The average Bonchev–Trinajstić information content (AvgIpc) is 2.27. The van der Waals surface area contributed by atoms with Gasteiger partial charge in [-0.05, 0) is 29.8 Å². The largest absolute Gasteiger partial charge is 0.344 e. The summed E-state index contributed by atoms with van der Waals surface area (Å²) in [7, 11) is 0. The number of hydrogen-bond donors (Lipinski definition) is 2. The Labute approximate surface area is 88.9 Å². The van der Waals surface area contributed by atoms with Crippen molar-refractivity contribution in [3.05, 3.63) is 35.4 Å². The summed E-state index contributed by atoms with van der Waals surface area (Å²) in [6, 6.07) is 8.45. The second-order valence-electron chi connectivity index (χ2n) is 3.39. The van der Waals surface area contributed by atoms with Gasteiger partial charge in [0.1, 0.15) is 0 Å². The number of benzene rings is 1. The highest BCUT2D eigenvalue weighted by Gasteiger charge is 2.16. The van der Waals surface area contributed by atoms with Crippen LogP contribution in [0.25, 0.3) is 0 Å². The molecule has 0 unspecified atom stereocenters. The molecule has 0 amide bonds. The van der Waals surface area contributed by atoms with E-state index in [2.05, 4.69) is 34.6 Å². The van der Waals surface area contributed by atoms with Crippen LogP contribution in [-0.2, 0) is 13.0 Å². The standard InChI is InChI=1S/C10H13N3S/c11-12-10(14)13-6-5-8-3-1-2-4-9(8)7-13/h1-4H,5-7,11H2,(H,12,14). The van der Waals surface area contributed by atoms with E-state index in [1.807, 2.05) is 0 Å². The molecule has 0 saturated heterocycles. The van der Waals surface area contributed by atoms with E-state index in [9.17, 15) is 0 Å². The maximum absolute atomic E-state index is 5.29. The van der Waals surface area contributed by atoms with Crippen molar-refractivity contribution in [2.45, 2.75) is 13.0 Å². The number of hydrogen-bond acceptors (Lipinski definition) is 2. The van der Waals surface area contributed by atoms with Crippen molar-refractivity contribution in [1.82, 2.24) is 10.3 Å². The van der Waals surface area contributed by atoms with Crippen molar-refractivity contribution in [3.63, 3.8) is 0 Å². The minimum atomic E-state index is 0.625. The lowest BCUT2D eigenvalue weighted by molar-refractivity contribution is 0.388. The van der Waals surface area contributed by atoms with Crippen LogP contribution in [0.5, 0.6) is 0 Å². The van der Waals surface area contributed by atoms with E-state index < -0.39 is 0 Å². The monoisotopic (exact) mass is 207 g/mol. The van der Waals surface area contributed by atoms with Crippen LogP contribution in [0.1, 0.15) is 11.1 Å².